The van der Waals surface area contributed by atoms with E-state index < -0.39 is 0 Å². The van der Waals surface area contributed by atoms with Crippen molar-refractivity contribution >= 4 is 33.4 Å². The largest absolute Gasteiger partial charge is 0.350 e. The highest BCUT2D eigenvalue weighted by Crippen LogP contribution is 2.21. The van der Waals surface area contributed by atoms with Gasteiger partial charge in [-0.1, -0.05) is 37.9 Å². The number of hydrogen-bond acceptors (Lipinski definition) is 6. The number of nitrogens with one attached hydrogen (secondary N) is 1. The molecule has 0 aliphatic carbocycles. The summed E-state index contributed by atoms with van der Waals surface area (Å²) in [6, 6.07) is 5.54. The van der Waals surface area contributed by atoms with Gasteiger partial charge < -0.3 is 9.84 Å². The number of carbonyl (C=O) groups excluding carboxylic acids is 1. The minimum atomic E-state index is -0.298. The maximum Gasteiger partial charge on any atom is 0.273 e. The summed E-state index contributed by atoms with van der Waals surface area (Å²) in [6.07, 6.45) is 2.18. The molecule has 8 nitrogen and oxygen atoms in total. The second-order valence-corrected chi connectivity index (χ2v) is 6.56. The lowest BCUT2D eigenvalue weighted by atomic mass is 10.1. The Bertz CT molecular complexity index is 894. The third kappa shape index (κ3) is 4.64. The normalized spacial score (nSPS) is 10.8. The van der Waals surface area contributed by atoms with Gasteiger partial charge in [0.05, 0.1) is 6.20 Å². The van der Waals surface area contributed by atoms with Gasteiger partial charge in [-0.05, 0) is 30.2 Å². The van der Waals surface area contributed by atoms with Crippen LogP contribution in [0.3, 0.4) is 0 Å². The van der Waals surface area contributed by atoms with Crippen LogP contribution in [0, 0.1) is 6.92 Å². The first kappa shape index (κ1) is 17.6. The molecule has 2 heterocycles. The summed E-state index contributed by atoms with van der Waals surface area (Å²) in [5.41, 5.74) is 1.24. The van der Waals surface area contributed by atoms with Gasteiger partial charge in [0.2, 0.25) is 5.89 Å². The van der Waals surface area contributed by atoms with Crippen LogP contribution in [0.25, 0.3) is 0 Å². The van der Waals surface area contributed by atoms with Crippen molar-refractivity contribution in [3.05, 3.63) is 56.9 Å². The number of aromatic nitrogens is 5. The van der Waals surface area contributed by atoms with Crippen molar-refractivity contribution in [2.75, 3.05) is 6.54 Å². The fourth-order valence-electron chi connectivity index (χ4n) is 2.17. The van der Waals surface area contributed by atoms with E-state index in [4.69, 9.17) is 16.1 Å². The maximum absolute atomic E-state index is 12.1. The number of benzene rings is 1. The standard InChI is InChI=1S/C15H14BrClN6O2/c1-9-19-14(21-25-9)8-23-7-13(20-22-23)15(24)18-5-4-10-6-11(17)2-3-12(10)16/h2-3,6-7H,4-5,8H2,1H3,(H,18,24). The number of amides is 1. The van der Waals surface area contributed by atoms with Crippen LogP contribution in [0.2, 0.25) is 5.02 Å². The molecule has 0 fully saturated rings. The van der Waals surface area contributed by atoms with Crippen LogP contribution in [-0.2, 0) is 13.0 Å². The SMILES string of the molecule is Cc1nc(Cn2cc(C(=O)NCCc3cc(Cl)ccc3Br)nn2)no1. The molecule has 0 unspecified atom stereocenters. The third-order valence-corrected chi connectivity index (χ3v) is 4.34. The van der Waals surface area contributed by atoms with Crippen LogP contribution in [0.5, 0.6) is 0 Å². The van der Waals surface area contributed by atoms with Gasteiger partial charge >= 0.3 is 0 Å². The Kier molecular flexibility index (Phi) is 5.44. The third-order valence-electron chi connectivity index (χ3n) is 3.33. The molecule has 0 aliphatic heterocycles. The van der Waals surface area contributed by atoms with E-state index in [1.54, 1.807) is 13.0 Å². The predicted octanol–water partition coefficient (Wildman–Crippen LogP) is 2.41. The summed E-state index contributed by atoms with van der Waals surface area (Å²) in [7, 11) is 0. The van der Waals surface area contributed by atoms with E-state index in [2.05, 4.69) is 41.7 Å². The first-order valence-electron chi connectivity index (χ1n) is 7.43. The molecular formula is C15H14BrClN6O2. The Balaban J connectivity index is 1.54. The molecule has 0 atom stereocenters. The van der Waals surface area contributed by atoms with E-state index in [-0.39, 0.29) is 18.1 Å². The van der Waals surface area contributed by atoms with E-state index >= 15 is 0 Å². The number of aryl methyl sites for hydroxylation is 1. The second-order valence-electron chi connectivity index (χ2n) is 5.27. The molecule has 1 amide bonds. The molecular weight excluding hydrogens is 412 g/mol. The van der Waals surface area contributed by atoms with Crippen molar-refractivity contribution < 1.29 is 9.32 Å². The van der Waals surface area contributed by atoms with E-state index in [0.29, 0.717) is 29.7 Å². The summed E-state index contributed by atoms with van der Waals surface area (Å²) in [5.74, 6) is 0.647. The Morgan fingerprint density at radius 3 is 3.04 bits per heavy atom. The Morgan fingerprint density at radius 1 is 1.44 bits per heavy atom. The lowest BCUT2D eigenvalue weighted by molar-refractivity contribution is 0.0949. The van der Waals surface area contributed by atoms with Crippen LogP contribution >= 0.6 is 27.5 Å². The Hall–Kier alpha value is -2.26. The lowest BCUT2D eigenvalue weighted by Gasteiger charge is -2.06. The van der Waals surface area contributed by atoms with Gasteiger partial charge in [0.15, 0.2) is 11.5 Å². The predicted molar refractivity (Wildman–Crippen MR) is 93.3 cm³/mol. The summed E-state index contributed by atoms with van der Waals surface area (Å²) >= 11 is 9.44. The van der Waals surface area contributed by atoms with Crippen LogP contribution in [0.15, 0.2) is 33.4 Å². The molecule has 25 heavy (non-hydrogen) atoms. The van der Waals surface area contributed by atoms with Gasteiger partial charge in [0.25, 0.3) is 5.91 Å². The van der Waals surface area contributed by atoms with Crippen LogP contribution in [0.1, 0.15) is 27.8 Å². The van der Waals surface area contributed by atoms with Crippen LogP contribution in [-0.4, -0.2) is 37.6 Å². The molecule has 2 aromatic heterocycles. The average molecular weight is 426 g/mol. The molecule has 3 aromatic rings. The first-order chi connectivity index (χ1) is 12.0. The van der Waals surface area contributed by atoms with Crippen molar-refractivity contribution in [3.63, 3.8) is 0 Å². The topological polar surface area (TPSA) is 98.7 Å². The van der Waals surface area contributed by atoms with Crippen molar-refractivity contribution in [2.24, 2.45) is 0 Å². The highest BCUT2D eigenvalue weighted by Gasteiger charge is 2.12. The fraction of sp³-hybridized carbons (Fsp3) is 0.267. The van der Waals surface area contributed by atoms with E-state index in [1.165, 1.54) is 10.9 Å². The molecule has 10 heteroatoms. The number of rotatable bonds is 6. The van der Waals surface area contributed by atoms with E-state index in [1.807, 2.05) is 12.1 Å². The van der Waals surface area contributed by atoms with Gasteiger partial charge in [0, 0.05) is 23.0 Å². The van der Waals surface area contributed by atoms with Crippen molar-refractivity contribution in [3.8, 4) is 0 Å². The first-order valence-corrected chi connectivity index (χ1v) is 8.60. The molecule has 0 saturated heterocycles. The number of nitrogens with zero attached hydrogens (tertiary/aromatic N) is 5. The van der Waals surface area contributed by atoms with Crippen molar-refractivity contribution in [1.29, 1.82) is 0 Å². The molecule has 1 N–H and O–H groups in total. The fourth-order valence-corrected chi connectivity index (χ4v) is 2.81. The minimum absolute atomic E-state index is 0.227. The number of hydrogen-bond donors (Lipinski definition) is 1. The number of halogens is 2. The molecule has 0 spiro atoms. The Morgan fingerprint density at radius 2 is 2.28 bits per heavy atom. The molecule has 0 bridgehead atoms. The lowest BCUT2D eigenvalue weighted by Crippen LogP contribution is -2.26. The van der Waals surface area contributed by atoms with E-state index in [0.717, 1.165) is 10.0 Å². The molecule has 3 rings (SSSR count). The van der Waals surface area contributed by atoms with Crippen LogP contribution in [0.4, 0.5) is 0 Å². The zero-order valence-electron chi connectivity index (χ0n) is 13.2. The van der Waals surface area contributed by atoms with Gasteiger partial charge in [-0.15, -0.1) is 5.10 Å². The van der Waals surface area contributed by atoms with Crippen molar-refractivity contribution in [2.45, 2.75) is 19.9 Å². The number of carbonyl (C=O) groups is 1. The van der Waals surface area contributed by atoms with Crippen molar-refractivity contribution in [1.82, 2.24) is 30.5 Å². The summed E-state index contributed by atoms with van der Waals surface area (Å²) in [4.78, 5) is 16.2. The molecule has 130 valence electrons. The molecule has 0 aliphatic rings. The molecule has 0 radical (unpaired) electrons. The highest BCUT2D eigenvalue weighted by molar-refractivity contribution is 9.10. The molecule has 1 aromatic carbocycles. The van der Waals surface area contributed by atoms with Gasteiger partial charge in [-0.2, -0.15) is 4.98 Å². The zero-order valence-corrected chi connectivity index (χ0v) is 15.6. The highest BCUT2D eigenvalue weighted by atomic mass is 79.9. The quantitative estimate of drug-likeness (QED) is 0.651. The smallest absolute Gasteiger partial charge is 0.273 e. The van der Waals surface area contributed by atoms with Gasteiger partial charge in [-0.25, -0.2) is 4.68 Å². The summed E-state index contributed by atoms with van der Waals surface area (Å²) in [6.45, 7) is 2.44. The van der Waals surface area contributed by atoms with Gasteiger partial charge in [-0.3, -0.25) is 4.79 Å². The van der Waals surface area contributed by atoms with Gasteiger partial charge in [0.1, 0.15) is 6.54 Å². The summed E-state index contributed by atoms with van der Waals surface area (Å²) in [5, 5.41) is 15.0. The zero-order chi connectivity index (χ0) is 17.8. The maximum atomic E-state index is 12.1. The van der Waals surface area contributed by atoms with E-state index in [9.17, 15) is 4.79 Å². The Labute approximate surface area is 156 Å². The average Bonchev–Trinajstić information content (AvgIpc) is 3.20. The minimum Gasteiger partial charge on any atom is -0.350 e. The monoisotopic (exact) mass is 424 g/mol. The summed E-state index contributed by atoms with van der Waals surface area (Å²) < 4.78 is 7.32. The van der Waals surface area contributed by atoms with Crippen LogP contribution < -0.4 is 5.32 Å². The molecule has 0 saturated carbocycles. The second kappa shape index (κ2) is 7.75.